The number of nitrogens with zero attached hydrogens (tertiary/aromatic N) is 3. The van der Waals surface area contributed by atoms with E-state index in [9.17, 15) is 4.79 Å². The lowest BCUT2D eigenvalue weighted by Gasteiger charge is -2.36. The topological polar surface area (TPSA) is 52.8 Å². The molecule has 1 fully saturated rings. The first kappa shape index (κ1) is 26.4. The van der Waals surface area contributed by atoms with Crippen molar-refractivity contribution in [2.45, 2.75) is 19.0 Å². The maximum absolute atomic E-state index is 12.6. The number of hydrogen-bond donors (Lipinski definition) is 1. The van der Waals surface area contributed by atoms with Gasteiger partial charge in [-0.15, -0.1) is 24.8 Å². The van der Waals surface area contributed by atoms with Crippen molar-refractivity contribution in [1.29, 1.82) is 0 Å². The van der Waals surface area contributed by atoms with Crippen molar-refractivity contribution >= 4 is 30.7 Å². The predicted octanol–water partition coefficient (Wildman–Crippen LogP) is 3.20. The lowest BCUT2D eigenvalue weighted by Crippen LogP contribution is -2.50. The van der Waals surface area contributed by atoms with E-state index in [1.54, 1.807) is 0 Å². The Morgan fingerprint density at radius 1 is 0.967 bits per heavy atom. The lowest BCUT2D eigenvalue weighted by molar-refractivity contribution is -0.133. The van der Waals surface area contributed by atoms with E-state index in [0.717, 1.165) is 51.4 Å². The van der Waals surface area contributed by atoms with E-state index in [4.69, 9.17) is 5.73 Å². The van der Waals surface area contributed by atoms with Crippen LogP contribution >= 0.6 is 24.8 Å². The summed E-state index contributed by atoms with van der Waals surface area (Å²) in [4.78, 5) is 19.3. The smallest absolute Gasteiger partial charge is 0.224 e. The number of carbonyl (C=O) groups is 1. The van der Waals surface area contributed by atoms with Crippen LogP contribution in [0, 0.1) is 0 Å². The Labute approximate surface area is 193 Å². The van der Waals surface area contributed by atoms with Gasteiger partial charge in [0.1, 0.15) is 0 Å². The minimum atomic E-state index is -0.224. The molecule has 30 heavy (non-hydrogen) atoms. The quantitative estimate of drug-likeness (QED) is 0.667. The third-order valence-electron chi connectivity index (χ3n) is 5.44. The summed E-state index contributed by atoms with van der Waals surface area (Å²) in [5, 5.41) is 0. The van der Waals surface area contributed by atoms with Gasteiger partial charge < -0.3 is 15.5 Å². The fourth-order valence-corrected chi connectivity index (χ4v) is 3.64. The summed E-state index contributed by atoms with van der Waals surface area (Å²) in [6.45, 7) is 6.50. The molecule has 1 unspecified atom stereocenters. The van der Waals surface area contributed by atoms with Crippen molar-refractivity contribution in [3.8, 4) is 0 Å². The van der Waals surface area contributed by atoms with Crippen molar-refractivity contribution in [1.82, 2.24) is 14.7 Å². The first-order valence-corrected chi connectivity index (χ1v) is 10.1. The normalized spacial score (nSPS) is 15.2. The molecule has 0 bridgehead atoms. The number of halogens is 2. The molecular weight excluding hydrogens is 419 g/mol. The van der Waals surface area contributed by atoms with Crippen molar-refractivity contribution in [3.05, 3.63) is 71.8 Å². The van der Waals surface area contributed by atoms with Crippen molar-refractivity contribution in [3.63, 3.8) is 0 Å². The molecule has 5 nitrogen and oxygen atoms in total. The summed E-state index contributed by atoms with van der Waals surface area (Å²) >= 11 is 0. The molecule has 1 heterocycles. The van der Waals surface area contributed by atoms with Crippen molar-refractivity contribution < 1.29 is 4.79 Å². The van der Waals surface area contributed by atoms with Crippen LogP contribution in [0.5, 0.6) is 0 Å². The largest absolute Gasteiger partial charge is 0.340 e. The molecule has 1 atom stereocenters. The number of piperazine rings is 1. The Balaban J connectivity index is 0.00000225. The molecule has 1 aliphatic rings. The van der Waals surface area contributed by atoms with E-state index in [-0.39, 0.29) is 36.8 Å². The summed E-state index contributed by atoms with van der Waals surface area (Å²) in [5.74, 6) is 0.164. The van der Waals surface area contributed by atoms with E-state index >= 15 is 0 Å². The third-order valence-corrected chi connectivity index (χ3v) is 5.44. The van der Waals surface area contributed by atoms with Crippen LogP contribution in [0.2, 0.25) is 0 Å². The van der Waals surface area contributed by atoms with Gasteiger partial charge in [-0.3, -0.25) is 9.69 Å². The standard InChI is InChI=1S/C23H32N4O.2ClH/c1-25(19-20-8-4-2-5-9-20)12-13-26-14-16-27(17-15-26)23(28)18-22(24)21-10-6-3-7-11-21;;/h2-11,22H,12-19,24H2,1H3;2*1H. The number of nitrogens with two attached hydrogens (primary N) is 1. The molecule has 0 saturated carbocycles. The second-order valence-corrected chi connectivity index (χ2v) is 7.67. The fraction of sp³-hybridized carbons (Fsp3) is 0.435. The van der Waals surface area contributed by atoms with Crippen LogP contribution in [0.4, 0.5) is 0 Å². The average Bonchev–Trinajstić information content (AvgIpc) is 2.74. The van der Waals surface area contributed by atoms with Gasteiger partial charge in [0, 0.05) is 58.3 Å². The van der Waals surface area contributed by atoms with E-state index in [2.05, 4.69) is 47.2 Å². The molecule has 2 aromatic rings. The molecule has 1 saturated heterocycles. The highest BCUT2D eigenvalue weighted by Gasteiger charge is 2.23. The van der Waals surface area contributed by atoms with Gasteiger partial charge in [-0.05, 0) is 18.2 Å². The minimum absolute atomic E-state index is 0. The second-order valence-electron chi connectivity index (χ2n) is 7.67. The van der Waals surface area contributed by atoms with Gasteiger partial charge >= 0.3 is 0 Å². The summed E-state index contributed by atoms with van der Waals surface area (Å²) in [7, 11) is 2.16. The van der Waals surface area contributed by atoms with Crippen LogP contribution in [0.3, 0.4) is 0 Å². The first-order chi connectivity index (χ1) is 13.6. The van der Waals surface area contributed by atoms with E-state index in [0.29, 0.717) is 6.42 Å². The molecule has 7 heteroatoms. The minimum Gasteiger partial charge on any atom is -0.340 e. The Morgan fingerprint density at radius 3 is 2.13 bits per heavy atom. The van der Waals surface area contributed by atoms with E-state index in [1.807, 2.05) is 35.2 Å². The maximum Gasteiger partial charge on any atom is 0.224 e. The van der Waals surface area contributed by atoms with Crippen molar-refractivity contribution in [2.75, 3.05) is 46.3 Å². The van der Waals surface area contributed by atoms with Crippen LogP contribution in [0.15, 0.2) is 60.7 Å². The zero-order valence-corrected chi connectivity index (χ0v) is 19.3. The molecule has 3 rings (SSSR count). The number of hydrogen-bond acceptors (Lipinski definition) is 4. The summed E-state index contributed by atoms with van der Waals surface area (Å²) in [5.41, 5.74) is 8.58. The van der Waals surface area contributed by atoms with E-state index in [1.165, 1.54) is 5.56 Å². The van der Waals surface area contributed by atoms with Gasteiger partial charge in [-0.1, -0.05) is 60.7 Å². The third kappa shape index (κ3) is 8.25. The molecule has 0 spiro atoms. The molecule has 0 aliphatic carbocycles. The van der Waals surface area contributed by atoms with Crippen LogP contribution in [0.1, 0.15) is 23.6 Å². The van der Waals surface area contributed by atoms with Crippen LogP contribution < -0.4 is 5.73 Å². The number of amides is 1. The van der Waals surface area contributed by atoms with Gasteiger partial charge in [0.15, 0.2) is 0 Å². The number of benzene rings is 2. The monoisotopic (exact) mass is 452 g/mol. The number of likely N-dealkylation sites (N-methyl/N-ethyl adjacent to an activating group) is 1. The Morgan fingerprint density at radius 2 is 1.53 bits per heavy atom. The molecule has 2 N–H and O–H groups in total. The van der Waals surface area contributed by atoms with Gasteiger partial charge in [-0.25, -0.2) is 0 Å². The zero-order chi connectivity index (χ0) is 19.8. The van der Waals surface area contributed by atoms with E-state index < -0.39 is 0 Å². The highest BCUT2D eigenvalue weighted by molar-refractivity contribution is 5.85. The highest BCUT2D eigenvalue weighted by atomic mass is 35.5. The lowest BCUT2D eigenvalue weighted by atomic mass is 10.0. The molecule has 2 aromatic carbocycles. The zero-order valence-electron chi connectivity index (χ0n) is 17.7. The summed E-state index contributed by atoms with van der Waals surface area (Å²) < 4.78 is 0. The maximum atomic E-state index is 12.6. The number of rotatable bonds is 8. The van der Waals surface area contributed by atoms with Gasteiger partial charge in [0.25, 0.3) is 0 Å². The Hall–Kier alpha value is -1.63. The number of carbonyl (C=O) groups excluding carboxylic acids is 1. The Kier molecular flexibility index (Phi) is 12.0. The van der Waals surface area contributed by atoms with Gasteiger partial charge in [-0.2, -0.15) is 0 Å². The van der Waals surface area contributed by atoms with Crippen molar-refractivity contribution in [2.24, 2.45) is 5.73 Å². The second kappa shape index (κ2) is 13.6. The van der Waals surface area contributed by atoms with Crippen LogP contribution in [-0.4, -0.2) is 66.9 Å². The molecular formula is C23H34Cl2N4O. The van der Waals surface area contributed by atoms with Gasteiger partial charge in [0.05, 0.1) is 0 Å². The fourth-order valence-electron chi connectivity index (χ4n) is 3.64. The highest BCUT2D eigenvalue weighted by Crippen LogP contribution is 2.15. The van der Waals surface area contributed by atoms with Gasteiger partial charge in [0.2, 0.25) is 5.91 Å². The predicted molar refractivity (Wildman–Crippen MR) is 128 cm³/mol. The molecule has 0 radical (unpaired) electrons. The molecule has 1 aliphatic heterocycles. The molecule has 1 amide bonds. The SMILES string of the molecule is CN(CCN1CCN(C(=O)CC(N)c2ccccc2)CC1)Cc1ccccc1.Cl.Cl. The summed E-state index contributed by atoms with van der Waals surface area (Å²) in [6.07, 6.45) is 0.379. The average molecular weight is 453 g/mol. The van der Waals surface area contributed by atoms with Crippen LogP contribution in [-0.2, 0) is 11.3 Å². The Bertz CT molecular complexity index is 724. The summed E-state index contributed by atoms with van der Waals surface area (Å²) in [6, 6.07) is 20.2. The first-order valence-electron chi connectivity index (χ1n) is 10.1. The van der Waals surface area contributed by atoms with Crippen LogP contribution in [0.25, 0.3) is 0 Å². The molecule has 166 valence electrons. The molecule has 0 aromatic heterocycles.